The van der Waals surface area contributed by atoms with Crippen molar-refractivity contribution in [2.45, 2.75) is 69.7 Å². The number of allylic oxidation sites excluding steroid dienone is 3. The Morgan fingerprint density at radius 1 is 1.12 bits per heavy atom. The van der Waals surface area contributed by atoms with Gasteiger partial charge in [-0.25, -0.2) is 4.98 Å². The number of pyridine rings is 1. The van der Waals surface area contributed by atoms with Gasteiger partial charge in [-0.2, -0.15) is 0 Å². The largest absolute Gasteiger partial charge is 0.393 e. The maximum atomic E-state index is 11.4. The van der Waals surface area contributed by atoms with E-state index < -0.39 is 17.8 Å². The highest BCUT2D eigenvalue weighted by molar-refractivity contribution is 5.88. The van der Waals surface area contributed by atoms with Crippen molar-refractivity contribution in [3.63, 3.8) is 0 Å². The lowest BCUT2D eigenvalue weighted by Crippen LogP contribution is -2.38. The summed E-state index contributed by atoms with van der Waals surface area (Å²) in [4.78, 5) is 4.20. The molecular formula is C28H32N2O3. The average molecular weight is 445 g/mol. The van der Waals surface area contributed by atoms with Gasteiger partial charge in [-0.3, -0.25) is 0 Å². The molecule has 1 fully saturated rings. The first-order chi connectivity index (χ1) is 15.8. The number of anilines is 1. The molecule has 1 saturated carbocycles. The summed E-state index contributed by atoms with van der Waals surface area (Å²) in [5, 5.41) is 35.1. The van der Waals surface area contributed by atoms with E-state index in [1.54, 1.807) is 0 Å². The Morgan fingerprint density at radius 2 is 1.97 bits per heavy atom. The number of aliphatic hydroxyl groups is 3. The first kappa shape index (κ1) is 21.1. The molecule has 0 radical (unpaired) electrons. The van der Waals surface area contributed by atoms with E-state index in [1.807, 2.05) is 18.3 Å². The Balaban J connectivity index is 1.39. The average Bonchev–Trinajstić information content (AvgIpc) is 3.03. The summed E-state index contributed by atoms with van der Waals surface area (Å²) in [5.41, 5.74) is 10.6. The van der Waals surface area contributed by atoms with E-state index in [4.69, 9.17) is 5.73 Å². The van der Waals surface area contributed by atoms with E-state index >= 15 is 0 Å². The molecule has 5 N–H and O–H groups in total. The van der Waals surface area contributed by atoms with Crippen molar-refractivity contribution in [2.24, 2.45) is 11.3 Å². The Bertz CT molecular complexity index is 1240. The molecule has 5 nitrogen and oxygen atoms in total. The van der Waals surface area contributed by atoms with Crippen LogP contribution in [0.15, 0.2) is 59.3 Å². The van der Waals surface area contributed by atoms with Gasteiger partial charge in [0.25, 0.3) is 0 Å². The van der Waals surface area contributed by atoms with Crippen LogP contribution in [0.1, 0.15) is 57.4 Å². The van der Waals surface area contributed by atoms with E-state index in [2.05, 4.69) is 36.2 Å². The minimum absolute atomic E-state index is 0.166. The normalized spacial score (nSPS) is 35.9. The first-order valence-corrected chi connectivity index (χ1v) is 12.2. The van der Waals surface area contributed by atoms with Gasteiger partial charge in [-0.1, -0.05) is 36.8 Å². The number of hydrogen-bond donors (Lipinski definition) is 4. The Morgan fingerprint density at radius 3 is 2.82 bits per heavy atom. The highest BCUT2D eigenvalue weighted by Crippen LogP contribution is 2.60. The van der Waals surface area contributed by atoms with Crippen molar-refractivity contribution < 1.29 is 15.3 Å². The maximum Gasteiger partial charge on any atom is 0.123 e. The second-order valence-corrected chi connectivity index (χ2v) is 10.8. The quantitative estimate of drug-likeness (QED) is 0.526. The van der Waals surface area contributed by atoms with Gasteiger partial charge in [0, 0.05) is 17.0 Å². The van der Waals surface area contributed by atoms with Crippen molar-refractivity contribution >= 4 is 22.2 Å². The summed E-state index contributed by atoms with van der Waals surface area (Å²) < 4.78 is 0. The third-order valence-corrected chi connectivity index (χ3v) is 8.85. The van der Waals surface area contributed by atoms with Gasteiger partial charge in [0.05, 0.1) is 17.8 Å². The molecule has 4 aliphatic carbocycles. The van der Waals surface area contributed by atoms with Crippen molar-refractivity contribution in [1.82, 2.24) is 4.98 Å². The van der Waals surface area contributed by atoms with Gasteiger partial charge in [0.15, 0.2) is 0 Å². The molecule has 1 aromatic heterocycles. The molecule has 4 unspecified atom stereocenters. The lowest BCUT2D eigenvalue weighted by atomic mass is 9.61. The van der Waals surface area contributed by atoms with E-state index in [1.165, 1.54) is 16.7 Å². The number of benzene rings is 1. The van der Waals surface area contributed by atoms with Crippen LogP contribution in [0.2, 0.25) is 0 Å². The van der Waals surface area contributed by atoms with Gasteiger partial charge in [0.2, 0.25) is 0 Å². The number of aromatic nitrogens is 1. The molecule has 1 heterocycles. The molecule has 33 heavy (non-hydrogen) atoms. The molecule has 5 atom stereocenters. The molecule has 172 valence electrons. The monoisotopic (exact) mass is 444 g/mol. The zero-order valence-electron chi connectivity index (χ0n) is 19.1. The van der Waals surface area contributed by atoms with Gasteiger partial charge in [-0.15, -0.1) is 0 Å². The van der Waals surface area contributed by atoms with Crippen LogP contribution >= 0.6 is 0 Å². The first-order valence-electron chi connectivity index (χ1n) is 12.2. The lowest BCUT2D eigenvalue weighted by molar-refractivity contribution is 0.00863. The van der Waals surface area contributed by atoms with Crippen LogP contribution in [0.25, 0.3) is 16.3 Å². The molecule has 6 rings (SSSR count). The van der Waals surface area contributed by atoms with Gasteiger partial charge in [0.1, 0.15) is 5.82 Å². The number of hydrogen-bond acceptors (Lipinski definition) is 5. The molecule has 2 aromatic rings. The highest BCUT2D eigenvalue weighted by Gasteiger charge is 2.50. The van der Waals surface area contributed by atoms with Crippen molar-refractivity contribution in [2.75, 3.05) is 5.73 Å². The Hall–Kier alpha value is -2.47. The van der Waals surface area contributed by atoms with E-state index in [9.17, 15) is 15.3 Å². The number of nitrogens with two attached hydrogens (primary N) is 1. The van der Waals surface area contributed by atoms with Crippen LogP contribution in [0.5, 0.6) is 0 Å². The minimum Gasteiger partial charge on any atom is -0.393 e. The van der Waals surface area contributed by atoms with Crippen molar-refractivity contribution in [1.29, 1.82) is 0 Å². The number of nitrogens with zero attached hydrogens (tertiary/aromatic N) is 1. The Labute approximate surface area is 194 Å². The van der Waals surface area contributed by atoms with E-state index in [-0.39, 0.29) is 5.41 Å². The van der Waals surface area contributed by atoms with Crippen LogP contribution in [0, 0.1) is 11.3 Å². The third-order valence-electron chi connectivity index (χ3n) is 8.85. The topological polar surface area (TPSA) is 99.6 Å². The SMILES string of the molecule is CC12CC(O)C3=C(CC[C@@]4(O)CCC(O)CC4=C3)C1CC=C2c1ccc2cnc(N)cc2c1. The van der Waals surface area contributed by atoms with Gasteiger partial charge < -0.3 is 21.1 Å². The van der Waals surface area contributed by atoms with Crippen LogP contribution < -0.4 is 5.73 Å². The molecule has 0 amide bonds. The summed E-state index contributed by atoms with van der Waals surface area (Å²) in [5.74, 6) is 0.831. The van der Waals surface area contributed by atoms with Crippen LogP contribution in [-0.2, 0) is 0 Å². The summed E-state index contributed by atoms with van der Waals surface area (Å²) >= 11 is 0. The van der Waals surface area contributed by atoms with Crippen molar-refractivity contribution in [3.8, 4) is 0 Å². The standard InChI is InChI=1S/C28H32N2O3/c1-27-14-25(32)22-13-19-12-20(31)6-8-28(19,33)9-7-21(22)24(27)5-4-23(27)16-2-3-17-15-30-26(29)11-18(17)10-16/h2-4,10-11,13,15,20,24-25,31-33H,5-9,12,14H2,1H3,(H2,29,30)/t20?,24?,25?,27?,28-/m0/s1. The number of fused-ring (bicyclic) bond motifs is 4. The summed E-state index contributed by atoms with van der Waals surface area (Å²) in [6.07, 6.45) is 10.0. The predicted octanol–water partition coefficient (Wildman–Crippen LogP) is 4.28. The number of rotatable bonds is 1. The molecule has 0 spiro atoms. The van der Waals surface area contributed by atoms with Gasteiger partial charge >= 0.3 is 0 Å². The third kappa shape index (κ3) is 3.21. The fraction of sp³-hybridized carbons (Fsp3) is 0.464. The highest BCUT2D eigenvalue weighted by atomic mass is 16.3. The van der Waals surface area contributed by atoms with E-state index in [0.29, 0.717) is 43.8 Å². The second-order valence-electron chi connectivity index (χ2n) is 10.8. The molecule has 0 saturated heterocycles. The smallest absolute Gasteiger partial charge is 0.123 e. The maximum absolute atomic E-state index is 11.4. The number of aliphatic hydroxyl groups excluding tert-OH is 2. The molecular weight excluding hydrogens is 412 g/mol. The van der Waals surface area contributed by atoms with E-state index in [0.717, 1.165) is 34.8 Å². The molecule has 0 aliphatic heterocycles. The van der Waals surface area contributed by atoms with Crippen LogP contribution in [0.3, 0.4) is 0 Å². The Kier molecular flexibility index (Phi) is 4.64. The summed E-state index contributed by atoms with van der Waals surface area (Å²) in [6.45, 7) is 2.29. The molecule has 1 aromatic carbocycles. The van der Waals surface area contributed by atoms with Gasteiger partial charge in [-0.05, 0) is 90.7 Å². The summed E-state index contributed by atoms with van der Waals surface area (Å²) in [6, 6.07) is 8.36. The van der Waals surface area contributed by atoms with Crippen LogP contribution in [0.4, 0.5) is 5.82 Å². The van der Waals surface area contributed by atoms with Crippen LogP contribution in [-0.4, -0.2) is 38.1 Å². The fourth-order valence-electron chi connectivity index (χ4n) is 7.02. The summed E-state index contributed by atoms with van der Waals surface area (Å²) in [7, 11) is 0. The minimum atomic E-state index is -0.853. The predicted molar refractivity (Wildman–Crippen MR) is 130 cm³/mol. The second kappa shape index (κ2) is 7.26. The lowest BCUT2D eigenvalue weighted by Gasteiger charge is -2.43. The zero-order chi connectivity index (χ0) is 23.0. The molecule has 4 aliphatic rings. The van der Waals surface area contributed by atoms with Crippen molar-refractivity contribution in [3.05, 3.63) is 64.9 Å². The zero-order valence-corrected chi connectivity index (χ0v) is 19.1. The number of nitrogen functional groups attached to an aromatic ring is 1. The fourth-order valence-corrected chi connectivity index (χ4v) is 7.02. The molecule has 0 bridgehead atoms. The molecule has 5 heteroatoms.